The number of nitrogens with zero attached hydrogens (tertiary/aromatic N) is 5. The maximum absolute atomic E-state index is 12.8. The molecule has 1 N–H and O–H groups in total. The standard InChI is InChI=1S/C18H25N3O3.C18H21N3O3/c2*1-20(2)9-10-24-13-6-7-16-15(11-13)17-14(5-4-8-19-17)18(22)21(16)12-23-3/h6-7,11,19H,4-5,8-10,12H2,1-3H3;4-8,11H,9-10,12H2,1-3H3. The van der Waals surface area contributed by atoms with Gasteiger partial charge in [0.1, 0.15) is 38.2 Å². The number of likely N-dealkylation sites (N-methyl/N-ethyl adjacent to an activating group) is 2. The smallest absolute Gasteiger partial charge is 0.262 e. The van der Waals surface area contributed by atoms with Crippen molar-refractivity contribution in [2.45, 2.75) is 26.3 Å². The molecular formula is C36H46N6O6. The Balaban J connectivity index is 0.000000188. The van der Waals surface area contributed by atoms with E-state index in [0.717, 1.165) is 77.0 Å². The Morgan fingerprint density at radius 1 is 0.771 bits per heavy atom. The lowest BCUT2D eigenvalue weighted by Gasteiger charge is -2.22. The molecule has 2 aromatic carbocycles. The van der Waals surface area contributed by atoms with Gasteiger partial charge in [-0.1, -0.05) is 0 Å². The predicted octanol–water partition coefficient (Wildman–Crippen LogP) is 4.00. The van der Waals surface area contributed by atoms with Gasteiger partial charge in [-0.25, -0.2) is 0 Å². The molecule has 3 aromatic heterocycles. The van der Waals surface area contributed by atoms with Crippen LogP contribution in [0.2, 0.25) is 0 Å². The van der Waals surface area contributed by atoms with Crippen LogP contribution in [-0.4, -0.2) is 99.2 Å². The van der Waals surface area contributed by atoms with Crippen molar-refractivity contribution in [3.8, 4) is 11.5 Å². The Labute approximate surface area is 280 Å². The lowest BCUT2D eigenvalue weighted by Crippen LogP contribution is -2.29. The molecule has 0 saturated heterocycles. The van der Waals surface area contributed by atoms with E-state index in [1.807, 2.05) is 64.6 Å². The van der Waals surface area contributed by atoms with Crippen LogP contribution in [-0.2, 0) is 29.4 Å². The van der Waals surface area contributed by atoms with E-state index in [-0.39, 0.29) is 24.6 Å². The molecule has 0 amide bonds. The first kappa shape index (κ1) is 34.8. The maximum Gasteiger partial charge on any atom is 0.262 e. The molecule has 48 heavy (non-hydrogen) atoms. The number of ether oxygens (including phenoxy) is 4. The third-order valence-corrected chi connectivity index (χ3v) is 8.17. The van der Waals surface area contributed by atoms with E-state index in [4.69, 9.17) is 18.9 Å². The highest BCUT2D eigenvalue weighted by molar-refractivity contribution is 6.03. The van der Waals surface area contributed by atoms with Gasteiger partial charge in [0.05, 0.1) is 27.6 Å². The minimum Gasteiger partial charge on any atom is -0.492 e. The van der Waals surface area contributed by atoms with Crippen LogP contribution in [0.3, 0.4) is 0 Å². The van der Waals surface area contributed by atoms with Crippen molar-refractivity contribution in [1.29, 1.82) is 0 Å². The fourth-order valence-electron chi connectivity index (χ4n) is 5.78. The lowest BCUT2D eigenvalue weighted by atomic mass is 10.0. The van der Waals surface area contributed by atoms with Crippen molar-refractivity contribution >= 4 is 38.4 Å². The molecule has 0 spiro atoms. The fraction of sp³-hybridized carbons (Fsp3) is 0.417. The average Bonchev–Trinajstić information content (AvgIpc) is 3.08. The Kier molecular flexibility index (Phi) is 11.7. The Morgan fingerprint density at radius 3 is 1.96 bits per heavy atom. The summed E-state index contributed by atoms with van der Waals surface area (Å²) in [5.41, 5.74) is 4.07. The normalized spacial score (nSPS) is 12.7. The quantitative estimate of drug-likeness (QED) is 0.198. The maximum atomic E-state index is 12.8. The van der Waals surface area contributed by atoms with Crippen molar-refractivity contribution in [2.75, 3.05) is 80.6 Å². The molecule has 5 aromatic rings. The van der Waals surface area contributed by atoms with Crippen LogP contribution >= 0.6 is 0 Å². The molecule has 0 bridgehead atoms. The highest BCUT2D eigenvalue weighted by Gasteiger charge is 2.20. The number of fused-ring (bicyclic) bond motifs is 6. The summed E-state index contributed by atoms with van der Waals surface area (Å²) in [7, 11) is 11.2. The molecule has 12 nitrogen and oxygen atoms in total. The molecule has 6 rings (SSSR count). The van der Waals surface area contributed by atoms with Crippen molar-refractivity contribution in [3.05, 3.63) is 81.0 Å². The molecule has 1 aliphatic heterocycles. The number of hydrogen-bond donors (Lipinski definition) is 1. The number of rotatable bonds is 12. The van der Waals surface area contributed by atoms with E-state index in [1.54, 1.807) is 41.7 Å². The van der Waals surface area contributed by atoms with E-state index in [2.05, 4.69) is 20.1 Å². The highest BCUT2D eigenvalue weighted by Crippen LogP contribution is 2.31. The van der Waals surface area contributed by atoms with Gasteiger partial charge in [0, 0.05) is 56.4 Å². The first-order valence-corrected chi connectivity index (χ1v) is 16.1. The summed E-state index contributed by atoms with van der Waals surface area (Å²) < 4.78 is 25.4. The molecule has 0 atom stereocenters. The number of anilines is 1. The van der Waals surface area contributed by atoms with Crippen LogP contribution in [0.15, 0.2) is 64.3 Å². The van der Waals surface area contributed by atoms with Crippen LogP contribution in [0.25, 0.3) is 32.7 Å². The van der Waals surface area contributed by atoms with Gasteiger partial charge in [0.2, 0.25) is 0 Å². The Morgan fingerprint density at radius 2 is 1.35 bits per heavy atom. The van der Waals surface area contributed by atoms with Gasteiger partial charge >= 0.3 is 0 Å². The minimum absolute atomic E-state index is 0.0350. The zero-order valence-corrected chi connectivity index (χ0v) is 28.7. The van der Waals surface area contributed by atoms with E-state index in [1.165, 1.54) is 0 Å². The molecule has 4 heterocycles. The highest BCUT2D eigenvalue weighted by atomic mass is 16.5. The third-order valence-electron chi connectivity index (χ3n) is 8.17. The second-order valence-corrected chi connectivity index (χ2v) is 12.2. The first-order chi connectivity index (χ1) is 23.2. The van der Waals surface area contributed by atoms with E-state index in [0.29, 0.717) is 24.1 Å². The molecule has 0 fully saturated rings. The van der Waals surface area contributed by atoms with Gasteiger partial charge in [-0.05, 0) is 89.6 Å². The summed E-state index contributed by atoms with van der Waals surface area (Å²) >= 11 is 0. The molecule has 0 radical (unpaired) electrons. The summed E-state index contributed by atoms with van der Waals surface area (Å²) in [5.74, 6) is 1.58. The average molecular weight is 659 g/mol. The van der Waals surface area contributed by atoms with E-state index < -0.39 is 0 Å². The molecule has 1 aliphatic rings. The second kappa shape index (κ2) is 16.1. The van der Waals surface area contributed by atoms with Crippen LogP contribution in [0.4, 0.5) is 5.69 Å². The van der Waals surface area contributed by atoms with Crippen LogP contribution in [0, 0.1) is 0 Å². The monoisotopic (exact) mass is 658 g/mol. The largest absolute Gasteiger partial charge is 0.492 e. The molecule has 0 saturated carbocycles. The SMILES string of the molecule is COCn1c(=O)c2c(c3cc(OCCN(C)C)ccc31)NCCC2.COCn1c(=O)c2cccnc2c2cc(OCCN(C)C)ccc21. The molecule has 256 valence electrons. The van der Waals surface area contributed by atoms with Crippen LogP contribution < -0.4 is 25.9 Å². The number of aromatic nitrogens is 3. The molecular weight excluding hydrogens is 612 g/mol. The zero-order chi connectivity index (χ0) is 34.2. The number of benzene rings is 2. The van der Waals surface area contributed by atoms with Gasteiger partial charge < -0.3 is 34.1 Å². The van der Waals surface area contributed by atoms with E-state index >= 15 is 0 Å². The second-order valence-electron chi connectivity index (χ2n) is 12.2. The lowest BCUT2D eigenvalue weighted by molar-refractivity contribution is 0.131. The van der Waals surface area contributed by atoms with Crippen molar-refractivity contribution < 1.29 is 18.9 Å². The number of hydrogen-bond acceptors (Lipinski definition) is 10. The van der Waals surface area contributed by atoms with Gasteiger partial charge in [0.15, 0.2) is 0 Å². The molecule has 12 heteroatoms. The third kappa shape index (κ3) is 7.79. The first-order valence-electron chi connectivity index (χ1n) is 16.1. The Hall–Kier alpha value is -4.49. The number of nitrogens with one attached hydrogen (secondary N) is 1. The van der Waals surface area contributed by atoms with Gasteiger partial charge in [-0.2, -0.15) is 0 Å². The van der Waals surface area contributed by atoms with E-state index in [9.17, 15) is 9.59 Å². The van der Waals surface area contributed by atoms with Crippen molar-refractivity contribution in [3.63, 3.8) is 0 Å². The number of methoxy groups -OCH3 is 2. The molecule has 0 unspecified atom stereocenters. The summed E-state index contributed by atoms with van der Waals surface area (Å²) in [6, 6.07) is 15.1. The van der Waals surface area contributed by atoms with Crippen LogP contribution in [0.1, 0.15) is 12.0 Å². The van der Waals surface area contributed by atoms with Gasteiger partial charge in [-0.3, -0.25) is 23.7 Å². The predicted molar refractivity (Wildman–Crippen MR) is 191 cm³/mol. The summed E-state index contributed by atoms with van der Waals surface area (Å²) in [6.45, 7) is 4.26. The van der Waals surface area contributed by atoms with Gasteiger partial charge in [-0.15, -0.1) is 0 Å². The minimum atomic E-state index is -0.103. The van der Waals surface area contributed by atoms with Crippen molar-refractivity contribution in [1.82, 2.24) is 23.9 Å². The number of pyridine rings is 3. The zero-order valence-electron chi connectivity index (χ0n) is 28.7. The molecule has 0 aliphatic carbocycles. The Bertz CT molecular complexity index is 1990. The summed E-state index contributed by atoms with van der Waals surface area (Å²) in [5, 5.41) is 5.87. The topological polar surface area (TPSA) is 112 Å². The van der Waals surface area contributed by atoms with Crippen LogP contribution in [0.5, 0.6) is 11.5 Å². The van der Waals surface area contributed by atoms with Gasteiger partial charge in [0.25, 0.3) is 11.1 Å². The summed E-state index contributed by atoms with van der Waals surface area (Å²) in [6.07, 6.45) is 3.47. The van der Waals surface area contributed by atoms with Crippen molar-refractivity contribution in [2.24, 2.45) is 0 Å². The summed E-state index contributed by atoms with van der Waals surface area (Å²) in [4.78, 5) is 34.0. The fourth-order valence-corrected chi connectivity index (χ4v) is 5.78.